The van der Waals surface area contributed by atoms with Crippen LogP contribution in [-0.4, -0.2) is 44.6 Å². The first-order valence-electron chi connectivity index (χ1n) is 7.45. The molecule has 23 heavy (non-hydrogen) atoms. The van der Waals surface area contributed by atoms with Gasteiger partial charge in [-0.1, -0.05) is 11.2 Å². The minimum atomic E-state index is -0.842. The number of thiophene rings is 1. The lowest BCUT2D eigenvalue weighted by Crippen LogP contribution is -2.37. The Labute approximate surface area is 136 Å². The van der Waals surface area contributed by atoms with E-state index in [2.05, 4.69) is 10.1 Å². The van der Waals surface area contributed by atoms with Gasteiger partial charge in [0.15, 0.2) is 0 Å². The number of amides is 1. The average Bonchev–Trinajstić information content (AvgIpc) is 3.24. The van der Waals surface area contributed by atoms with Gasteiger partial charge in [0.25, 0.3) is 0 Å². The molecule has 1 saturated heterocycles. The molecule has 1 fully saturated rings. The molecule has 2 aromatic heterocycles. The van der Waals surface area contributed by atoms with Crippen molar-refractivity contribution in [1.29, 1.82) is 0 Å². The minimum absolute atomic E-state index is 0.0721. The maximum atomic E-state index is 12.3. The molecule has 122 valence electrons. The fourth-order valence-electron chi connectivity index (χ4n) is 2.84. The maximum Gasteiger partial charge on any atom is 0.308 e. The number of carbonyl (C=O) groups is 2. The third-order valence-corrected chi connectivity index (χ3v) is 5.02. The quantitative estimate of drug-likeness (QED) is 0.898. The number of carboxylic acid groups (broad SMARTS) is 1. The molecule has 0 aromatic carbocycles. The van der Waals surface area contributed by atoms with Crippen LogP contribution in [0.25, 0.3) is 10.7 Å². The summed E-state index contributed by atoms with van der Waals surface area (Å²) in [4.78, 5) is 30.2. The number of aliphatic carboxylic acids is 1. The molecule has 1 aliphatic heterocycles. The molecular weight excluding hydrogens is 318 g/mol. The Bertz CT molecular complexity index is 697. The van der Waals surface area contributed by atoms with E-state index in [-0.39, 0.29) is 18.4 Å². The van der Waals surface area contributed by atoms with Crippen molar-refractivity contribution in [1.82, 2.24) is 15.0 Å². The summed E-state index contributed by atoms with van der Waals surface area (Å²) >= 11 is 1.52. The summed E-state index contributed by atoms with van der Waals surface area (Å²) in [5.41, 5.74) is 0. The first-order valence-corrected chi connectivity index (χ1v) is 8.33. The van der Waals surface area contributed by atoms with Crippen LogP contribution in [0.5, 0.6) is 0 Å². The van der Waals surface area contributed by atoms with Crippen molar-refractivity contribution in [3.05, 3.63) is 23.4 Å². The van der Waals surface area contributed by atoms with Crippen molar-refractivity contribution in [3.63, 3.8) is 0 Å². The van der Waals surface area contributed by atoms with Crippen molar-refractivity contribution in [3.8, 4) is 10.7 Å². The van der Waals surface area contributed by atoms with E-state index in [9.17, 15) is 9.59 Å². The van der Waals surface area contributed by atoms with E-state index in [0.29, 0.717) is 31.1 Å². The third kappa shape index (κ3) is 3.26. The lowest BCUT2D eigenvalue weighted by Gasteiger charge is -2.23. The SMILES string of the molecule is CC1C(C(=O)O)CCN1C(=O)CCc1nc(-c2cccs2)no1. The largest absolute Gasteiger partial charge is 0.481 e. The molecule has 7 nitrogen and oxygen atoms in total. The van der Waals surface area contributed by atoms with E-state index < -0.39 is 11.9 Å². The van der Waals surface area contributed by atoms with Gasteiger partial charge in [0.1, 0.15) is 0 Å². The van der Waals surface area contributed by atoms with Crippen molar-refractivity contribution in [2.24, 2.45) is 5.92 Å². The lowest BCUT2D eigenvalue weighted by atomic mass is 10.0. The van der Waals surface area contributed by atoms with Crippen LogP contribution >= 0.6 is 11.3 Å². The summed E-state index contributed by atoms with van der Waals surface area (Å²) in [5.74, 6) is -0.443. The van der Waals surface area contributed by atoms with Crippen molar-refractivity contribution >= 4 is 23.2 Å². The Morgan fingerprint density at radius 2 is 2.35 bits per heavy atom. The van der Waals surface area contributed by atoms with Crippen molar-refractivity contribution in [2.45, 2.75) is 32.2 Å². The molecule has 0 radical (unpaired) electrons. The van der Waals surface area contributed by atoms with Crippen LogP contribution in [0.2, 0.25) is 0 Å². The summed E-state index contributed by atoms with van der Waals surface area (Å²) in [6.45, 7) is 2.27. The van der Waals surface area contributed by atoms with Crippen LogP contribution in [0.15, 0.2) is 22.0 Å². The standard InChI is InChI=1S/C15H17N3O4S/c1-9-10(15(20)21)6-7-18(9)13(19)5-4-12-16-14(17-22-12)11-3-2-8-23-11/h2-3,8-10H,4-7H2,1H3,(H,20,21). The van der Waals surface area contributed by atoms with Gasteiger partial charge in [-0.3, -0.25) is 9.59 Å². The fourth-order valence-corrected chi connectivity index (χ4v) is 3.49. The second-order valence-electron chi connectivity index (χ2n) is 5.55. The molecule has 1 aliphatic rings. The highest BCUT2D eigenvalue weighted by molar-refractivity contribution is 7.13. The van der Waals surface area contributed by atoms with E-state index in [4.69, 9.17) is 9.63 Å². The number of hydrogen-bond donors (Lipinski definition) is 1. The second-order valence-corrected chi connectivity index (χ2v) is 6.50. The fraction of sp³-hybridized carbons (Fsp3) is 0.467. The number of likely N-dealkylation sites (tertiary alicyclic amines) is 1. The number of aromatic nitrogens is 2. The molecule has 2 aromatic rings. The normalized spacial score (nSPS) is 20.8. The molecule has 0 bridgehead atoms. The number of nitrogens with zero attached hydrogens (tertiary/aromatic N) is 3. The molecule has 2 unspecified atom stereocenters. The van der Waals surface area contributed by atoms with Crippen molar-refractivity contribution < 1.29 is 19.2 Å². The molecule has 0 saturated carbocycles. The summed E-state index contributed by atoms with van der Waals surface area (Å²) in [5, 5.41) is 15.0. The van der Waals surface area contributed by atoms with Crippen molar-refractivity contribution in [2.75, 3.05) is 6.54 Å². The number of carboxylic acids is 1. The number of carbonyl (C=O) groups excluding carboxylic acids is 1. The van der Waals surface area contributed by atoms with Crippen LogP contribution in [0.3, 0.4) is 0 Å². The molecule has 1 N–H and O–H groups in total. The predicted octanol–water partition coefficient (Wildman–Crippen LogP) is 2.05. The predicted molar refractivity (Wildman–Crippen MR) is 82.8 cm³/mol. The van der Waals surface area contributed by atoms with Crippen LogP contribution < -0.4 is 0 Å². The minimum Gasteiger partial charge on any atom is -0.481 e. The van der Waals surface area contributed by atoms with E-state index in [0.717, 1.165) is 4.88 Å². The zero-order valence-corrected chi connectivity index (χ0v) is 13.5. The highest BCUT2D eigenvalue weighted by atomic mass is 32.1. The summed E-state index contributed by atoms with van der Waals surface area (Å²) in [6.07, 6.45) is 1.10. The van der Waals surface area contributed by atoms with Crippen LogP contribution in [0, 0.1) is 5.92 Å². The Morgan fingerprint density at radius 3 is 3.00 bits per heavy atom. The molecule has 3 rings (SSSR count). The van der Waals surface area contributed by atoms with Crippen LogP contribution in [0.1, 0.15) is 25.7 Å². The Hall–Kier alpha value is -2.22. The summed E-state index contributed by atoms with van der Waals surface area (Å²) in [7, 11) is 0. The summed E-state index contributed by atoms with van der Waals surface area (Å²) < 4.78 is 5.17. The summed E-state index contributed by atoms with van der Waals surface area (Å²) in [6, 6.07) is 3.54. The van der Waals surface area contributed by atoms with Gasteiger partial charge in [0.2, 0.25) is 17.6 Å². The smallest absolute Gasteiger partial charge is 0.308 e. The number of hydrogen-bond acceptors (Lipinski definition) is 6. The zero-order valence-electron chi connectivity index (χ0n) is 12.6. The monoisotopic (exact) mass is 335 g/mol. The zero-order chi connectivity index (χ0) is 16.4. The lowest BCUT2D eigenvalue weighted by molar-refractivity contribution is -0.143. The average molecular weight is 335 g/mol. The van der Waals surface area contributed by atoms with Gasteiger partial charge in [0.05, 0.1) is 10.8 Å². The van der Waals surface area contributed by atoms with E-state index in [1.807, 2.05) is 17.5 Å². The topological polar surface area (TPSA) is 96.5 Å². The van der Waals surface area contributed by atoms with Gasteiger partial charge >= 0.3 is 5.97 Å². The molecular formula is C15H17N3O4S. The highest BCUT2D eigenvalue weighted by Gasteiger charge is 2.37. The van der Waals surface area contributed by atoms with E-state index >= 15 is 0 Å². The van der Waals surface area contributed by atoms with Gasteiger partial charge in [-0.15, -0.1) is 11.3 Å². The Kier molecular flexibility index (Phi) is 4.42. The third-order valence-electron chi connectivity index (χ3n) is 4.15. The molecule has 0 aliphatic carbocycles. The van der Waals surface area contributed by atoms with Gasteiger partial charge < -0.3 is 14.5 Å². The second kappa shape index (κ2) is 6.49. The highest BCUT2D eigenvalue weighted by Crippen LogP contribution is 2.25. The molecule has 2 atom stereocenters. The van der Waals surface area contributed by atoms with Gasteiger partial charge in [-0.2, -0.15) is 4.98 Å². The maximum absolute atomic E-state index is 12.3. The number of rotatable bonds is 5. The van der Waals surface area contributed by atoms with Gasteiger partial charge in [0, 0.05) is 25.4 Å². The number of aryl methyl sites for hydroxylation is 1. The molecule has 3 heterocycles. The van der Waals surface area contributed by atoms with Crippen LogP contribution in [0.4, 0.5) is 0 Å². The van der Waals surface area contributed by atoms with Gasteiger partial charge in [-0.05, 0) is 24.8 Å². The van der Waals surface area contributed by atoms with Gasteiger partial charge in [-0.25, -0.2) is 0 Å². The first kappa shape index (κ1) is 15.7. The first-order chi connectivity index (χ1) is 11.1. The van der Waals surface area contributed by atoms with Crippen LogP contribution in [-0.2, 0) is 16.0 Å². The Balaban J connectivity index is 1.56. The Morgan fingerprint density at radius 1 is 1.52 bits per heavy atom. The molecule has 1 amide bonds. The van der Waals surface area contributed by atoms with E-state index in [1.54, 1.807) is 11.8 Å². The van der Waals surface area contributed by atoms with E-state index in [1.165, 1.54) is 11.3 Å². The molecule has 8 heteroatoms. The molecule has 0 spiro atoms.